The molecule has 2 aliphatic heterocycles. The van der Waals surface area contributed by atoms with E-state index in [2.05, 4.69) is 192 Å². The molecule has 0 atom stereocenters. The molecule has 0 aliphatic carbocycles. The standard InChI is InChI=1S/C45H28Br2N6/c1-53-40-9-5-3-7-28(40)29-13-11-25(23-41(29)53)43-33-16-20-37(51-33)44(46)35-18-14-31(49-35)42(32-15-19-36(50-32)45(47)38-21-17-34(43)52-38)24-10-12-27-26-6-2-4-8-30(26)48-39(27)22-24/h2-23,48-49,52H,1H3. The van der Waals surface area contributed by atoms with E-state index in [1.54, 1.807) is 0 Å². The Hall–Kier alpha value is -5.96. The van der Waals surface area contributed by atoms with E-state index in [4.69, 9.17) is 9.97 Å². The largest absolute Gasteiger partial charge is 0.354 e. The molecule has 8 bridgehead atoms. The van der Waals surface area contributed by atoms with Crippen molar-refractivity contribution in [2.24, 2.45) is 7.05 Å². The number of nitrogens with zero attached hydrogens (tertiary/aromatic N) is 3. The van der Waals surface area contributed by atoms with Crippen LogP contribution in [0.3, 0.4) is 0 Å². The molecule has 11 rings (SSSR count). The zero-order valence-electron chi connectivity index (χ0n) is 28.3. The minimum absolute atomic E-state index is 0.844. The average Bonchev–Trinajstić information content (AvgIpc) is 4.05. The van der Waals surface area contributed by atoms with Crippen LogP contribution in [0, 0.1) is 0 Å². The molecule has 0 amide bonds. The summed E-state index contributed by atoms with van der Waals surface area (Å²) in [6, 6.07) is 38.8. The van der Waals surface area contributed by atoms with Crippen molar-refractivity contribution in [1.29, 1.82) is 0 Å². The Morgan fingerprint density at radius 2 is 0.925 bits per heavy atom. The molecule has 0 radical (unpaired) electrons. The lowest BCUT2D eigenvalue weighted by atomic mass is 10.0. The fourth-order valence-electron chi connectivity index (χ4n) is 8.07. The van der Waals surface area contributed by atoms with Crippen molar-refractivity contribution in [1.82, 2.24) is 29.5 Å². The van der Waals surface area contributed by atoms with Gasteiger partial charge in [-0.2, -0.15) is 0 Å². The molecule has 2 aliphatic rings. The number of hydrogen-bond acceptors (Lipinski definition) is 2. The number of benzene rings is 4. The number of rotatable bonds is 2. The van der Waals surface area contributed by atoms with Crippen molar-refractivity contribution in [2.75, 3.05) is 0 Å². The van der Waals surface area contributed by atoms with Crippen LogP contribution in [0.15, 0.2) is 118 Å². The van der Waals surface area contributed by atoms with Gasteiger partial charge in [-0.15, -0.1) is 0 Å². The van der Waals surface area contributed by atoms with Gasteiger partial charge < -0.3 is 19.5 Å². The van der Waals surface area contributed by atoms with Gasteiger partial charge in [-0.1, -0.05) is 60.7 Å². The van der Waals surface area contributed by atoms with Crippen LogP contribution in [0.2, 0.25) is 0 Å². The molecule has 7 heterocycles. The van der Waals surface area contributed by atoms with E-state index in [1.807, 2.05) is 0 Å². The smallest absolute Gasteiger partial charge is 0.0801 e. The van der Waals surface area contributed by atoms with Crippen LogP contribution in [0.4, 0.5) is 0 Å². The van der Waals surface area contributed by atoms with Crippen molar-refractivity contribution >= 4 is 122 Å². The maximum atomic E-state index is 5.24. The van der Waals surface area contributed by atoms with E-state index in [1.165, 1.54) is 32.6 Å². The van der Waals surface area contributed by atoms with Crippen molar-refractivity contribution in [2.45, 2.75) is 0 Å². The Balaban J connectivity index is 1.19. The van der Waals surface area contributed by atoms with E-state index in [0.717, 1.165) is 87.1 Å². The Labute approximate surface area is 319 Å². The summed E-state index contributed by atoms with van der Waals surface area (Å²) in [4.78, 5) is 21.5. The van der Waals surface area contributed by atoms with Gasteiger partial charge in [0.1, 0.15) is 0 Å². The first kappa shape index (κ1) is 30.6. The SMILES string of the molecule is Cn1c2ccccc2c2ccc(-c3c4nc(c(Br)c5ccc([nH]5)c(-c5ccc6c(c5)[nH]c5ccccc56)c5nc(c(Br)c6ccc3[nH]6)C=C5)C=C4)cc21. The first-order valence-electron chi connectivity index (χ1n) is 17.4. The molecule has 0 saturated carbocycles. The summed E-state index contributed by atoms with van der Waals surface area (Å²) in [7, 11) is 2.14. The summed E-state index contributed by atoms with van der Waals surface area (Å²) < 4.78 is 4.04. The quantitative estimate of drug-likeness (QED) is 0.163. The number of fused-ring (bicyclic) bond motifs is 14. The molecule has 53 heavy (non-hydrogen) atoms. The Morgan fingerprint density at radius 3 is 1.60 bits per heavy atom. The number of para-hydroxylation sites is 2. The van der Waals surface area contributed by atoms with Gasteiger partial charge in [0, 0.05) is 72.8 Å². The van der Waals surface area contributed by atoms with Crippen molar-refractivity contribution < 1.29 is 0 Å². The van der Waals surface area contributed by atoms with Gasteiger partial charge in [0.15, 0.2) is 0 Å². The minimum Gasteiger partial charge on any atom is -0.354 e. The van der Waals surface area contributed by atoms with E-state index in [0.29, 0.717) is 0 Å². The zero-order chi connectivity index (χ0) is 35.4. The normalized spacial score (nSPS) is 12.7. The highest BCUT2D eigenvalue weighted by molar-refractivity contribution is 9.11. The van der Waals surface area contributed by atoms with E-state index < -0.39 is 0 Å². The van der Waals surface area contributed by atoms with Gasteiger partial charge in [0.05, 0.1) is 42.8 Å². The molecule has 0 fully saturated rings. The molecule has 4 aromatic carbocycles. The highest BCUT2D eigenvalue weighted by atomic mass is 79.9. The first-order valence-corrected chi connectivity index (χ1v) is 19.0. The van der Waals surface area contributed by atoms with E-state index in [9.17, 15) is 0 Å². The van der Waals surface area contributed by atoms with Crippen molar-refractivity contribution in [3.8, 4) is 22.3 Å². The zero-order valence-corrected chi connectivity index (χ0v) is 31.5. The summed E-state index contributed by atoms with van der Waals surface area (Å²) in [6.07, 6.45) is 8.37. The number of aryl methyl sites for hydroxylation is 1. The molecule has 252 valence electrons. The van der Waals surface area contributed by atoms with Crippen LogP contribution in [0.1, 0.15) is 22.8 Å². The van der Waals surface area contributed by atoms with Crippen LogP contribution in [-0.4, -0.2) is 29.5 Å². The maximum absolute atomic E-state index is 5.24. The summed E-state index contributed by atoms with van der Waals surface area (Å²) >= 11 is 7.87. The highest BCUT2D eigenvalue weighted by Gasteiger charge is 2.18. The van der Waals surface area contributed by atoms with Gasteiger partial charge in [0.2, 0.25) is 0 Å². The summed E-state index contributed by atoms with van der Waals surface area (Å²) in [6.45, 7) is 0. The lowest BCUT2D eigenvalue weighted by Gasteiger charge is -2.06. The Bertz CT molecular complexity index is 3280. The summed E-state index contributed by atoms with van der Waals surface area (Å²) in [5.41, 5.74) is 16.0. The second-order valence-electron chi connectivity index (χ2n) is 13.6. The predicted octanol–water partition coefficient (Wildman–Crippen LogP) is 12.8. The van der Waals surface area contributed by atoms with Crippen LogP contribution in [-0.2, 0) is 7.05 Å². The molecular weight excluding hydrogens is 784 g/mol. The first-order chi connectivity index (χ1) is 26.0. The third-order valence-corrected chi connectivity index (χ3v) is 12.3. The van der Waals surface area contributed by atoms with Crippen LogP contribution in [0.25, 0.3) is 112 Å². The summed E-state index contributed by atoms with van der Waals surface area (Å²) in [5, 5.41) is 4.89. The number of aromatic nitrogens is 6. The number of nitrogens with one attached hydrogen (secondary N) is 3. The molecule has 6 nitrogen and oxygen atoms in total. The number of hydrogen-bond donors (Lipinski definition) is 3. The van der Waals surface area contributed by atoms with E-state index in [-0.39, 0.29) is 0 Å². The number of H-pyrrole nitrogens is 3. The van der Waals surface area contributed by atoms with Crippen LogP contribution in [0.5, 0.6) is 0 Å². The lowest BCUT2D eigenvalue weighted by Crippen LogP contribution is -1.89. The van der Waals surface area contributed by atoms with Gasteiger partial charge in [-0.25, -0.2) is 9.97 Å². The van der Waals surface area contributed by atoms with E-state index >= 15 is 0 Å². The molecular formula is C45H28Br2N6. The maximum Gasteiger partial charge on any atom is 0.0801 e. The van der Waals surface area contributed by atoms with Gasteiger partial charge in [0.25, 0.3) is 0 Å². The monoisotopic (exact) mass is 810 g/mol. The second-order valence-corrected chi connectivity index (χ2v) is 15.2. The minimum atomic E-state index is 0.844. The molecule has 8 heteroatoms. The van der Waals surface area contributed by atoms with Gasteiger partial charge in [-0.3, -0.25) is 0 Å². The topological polar surface area (TPSA) is 78.1 Å². The van der Waals surface area contributed by atoms with Crippen molar-refractivity contribution in [3.05, 3.63) is 141 Å². The molecule has 0 unspecified atom stereocenters. The number of halogens is 2. The number of aromatic amines is 3. The highest BCUT2D eigenvalue weighted by Crippen LogP contribution is 2.39. The Morgan fingerprint density at radius 1 is 0.434 bits per heavy atom. The molecule has 0 spiro atoms. The summed E-state index contributed by atoms with van der Waals surface area (Å²) in [5.74, 6) is 0. The molecule has 5 aromatic heterocycles. The fraction of sp³-hybridized carbons (Fsp3) is 0.0222. The third kappa shape index (κ3) is 4.69. The van der Waals surface area contributed by atoms with Crippen LogP contribution < -0.4 is 0 Å². The Kier molecular flexibility index (Phi) is 6.66. The second kappa shape index (κ2) is 11.5. The third-order valence-electron chi connectivity index (χ3n) is 10.6. The van der Waals surface area contributed by atoms with Gasteiger partial charge >= 0.3 is 0 Å². The molecule has 0 saturated heterocycles. The lowest BCUT2D eigenvalue weighted by molar-refractivity contribution is 1.01. The van der Waals surface area contributed by atoms with Crippen molar-refractivity contribution in [3.63, 3.8) is 0 Å². The van der Waals surface area contributed by atoms with Gasteiger partial charge in [-0.05, 0) is 116 Å². The molecule has 9 aromatic rings. The fourth-order valence-corrected chi connectivity index (χ4v) is 8.97. The average molecular weight is 813 g/mol. The predicted molar refractivity (Wildman–Crippen MR) is 228 cm³/mol. The molecule has 3 N–H and O–H groups in total. The van der Waals surface area contributed by atoms with Crippen LogP contribution >= 0.6 is 31.9 Å².